The second-order valence-electron chi connectivity index (χ2n) is 5.82. The van der Waals surface area contributed by atoms with Crippen molar-refractivity contribution in [3.05, 3.63) is 59.7 Å². The van der Waals surface area contributed by atoms with Crippen LogP contribution in [0.25, 0.3) is 0 Å². The van der Waals surface area contributed by atoms with Crippen LogP contribution >= 0.6 is 0 Å². The zero-order valence-corrected chi connectivity index (χ0v) is 15.1. The highest BCUT2D eigenvalue weighted by molar-refractivity contribution is 7.86. The molecule has 6 heteroatoms. The van der Waals surface area contributed by atoms with E-state index < -0.39 is 21.0 Å². The van der Waals surface area contributed by atoms with Crippen molar-refractivity contribution in [1.82, 2.24) is 0 Å². The molecule has 0 aliphatic rings. The van der Waals surface area contributed by atoms with Crippen LogP contribution in [0.15, 0.2) is 53.4 Å². The third kappa shape index (κ3) is 4.90. The molecule has 5 nitrogen and oxygen atoms in total. The van der Waals surface area contributed by atoms with Gasteiger partial charge in [-0.2, -0.15) is 8.42 Å². The molecule has 0 heterocycles. The lowest BCUT2D eigenvalue weighted by Gasteiger charge is -2.14. The van der Waals surface area contributed by atoms with Crippen LogP contribution in [0.4, 0.5) is 0 Å². The molecule has 0 saturated heterocycles. The van der Waals surface area contributed by atoms with Gasteiger partial charge in [0, 0.05) is 0 Å². The van der Waals surface area contributed by atoms with Crippen molar-refractivity contribution in [3.8, 4) is 5.75 Å². The van der Waals surface area contributed by atoms with Crippen molar-refractivity contribution in [2.75, 3.05) is 0 Å². The predicted molar refractivity (Wildman–Crippen MR) is 95.6 cm³/mol. The summed E-state index contributed by atoms with van der Waals surface area (Å²) in [5.41, 5.74) is 0.981. The Bertz CT molecular complexity index is 825. The fraction of sp³-hybridized carbons (Fsp3) is 0.316. The summed E-state index contributed by atoms with van der Waals surface area (Å²) < 4.78 is 37.2. The Labute approximate surface area is 148 Å². The summed E-state index contributed by atoms with van der Waals surface area (Å²) in [4.78, 5) is 11.8. The first-order valence-corrected chi connectivity index (χ1v) is 9.69. The molecule has 2 aromatic rings. The molecule has 0 fully saturated rings. The fourth-order valence-corrected chi connectivity index (χ4v) is 3.47. The number of ether oxygens (including phenoxy) is 1. The summed E-state index contributed by atoms with van der Waals surface area (Å²) in [5.74, 6) is -0.0400. The second-order valence-corrected chi connectivity index (χ2v) is 7.21. The molecule has 25 heavy (non-hydrogen) atoms. The van der Waals surface area contributed by atoms with Gasteiger partial charge < -0.3 is 4.74 Å². The van der Waals surface area contributed by atoms with Gasteiger partial charge in [-0.05, 0) is 48.6 Å². The van der Waals surface area contributed by atoms with Gasteiger partial charge in [0.2, 0.25) is 0 Å². The molecule has 0 spiro atoms. The fourth-order valence-electron chi connectivity index (χ4n) is 2.79. The minimum absolute atomic E-state index is 0.202. The van der Waals surface area contributed by atoms with Crippen LogP contribution in [0.1, 0.15) is 54.9 Å². The van der Waals surface area contributed by atoms with Crippen LogP contribution in [0.2, 0.25) is 0 Å². The maximum atomic E-state index is 12.3. The van der Waals surface area contributed by atoms with Gasteiger partial charge in [-0.1, -0.05) is 44.5 Å². The number of esters is 1. The van der Waals surface area contributed by atoms with E-state index in [1.54, 1.807) is 12.1 Å². The molecule has 134 valence electrons. The van der Waals surface area contributed by atoms with Crippen LogP contribution in [-0.2, 0) is 10.1 Å². The van der Waals surface area contributed by atoms with E-state index >= 15 is 0 Å². The quantitative estimate of drug-likeness (QED) is 0.447. The largest absolute Gasteiger partial charge is 0.423 e. The van der Waals surface area contributed by atoms with Gasteiger partial charge in [0.1, 0.15) is 10.6 Å². The molecule has 0 bridgehead atoms. The molecule has 0 aromatic heterocycles. The molecule has 1 N–H and O–H groups in total. The number of benzene rings is 2. The smallest absolute Gasteiger partial charge is 0.344 e. The van der Waals surface area contributed by atoms with E-state index in [2.05, 4.69) is 13.8 Å². The first-order valence-electron chi connectivity index (χ1n) is 8.25. The lowest BCUT2D eigenvalue weighted by Crippen LogP contribution is -2.14. The van der Waals surface area contributed by atoms with Gasteiger partial charge in [-0.25, -0.2) is 4.79 Å². The lowest BCUT2D eigenvalue weighted by molar-refractivity contribution is 0.0730. The van der Waals surface area contributed by atoms with E-state index in [0.717, 1.165) is 25.3 Å². The van der Waals surface area contributed by atoms with Gasteiger partial charge >= 0.3 is 5.97 Å². The Hall–Kier alpha value is -2.18. The molecule has 0 aliphatic carbocycles. The van der Waals surface area contributed by atoms with Crippen LogP contribution in [0, 0.1) is 0 Å². The van der Waals surface area contributed by atoms with Gasteiger partial charge in [-0.3, -0.25) is 4.55 Å². The third-order valence-corrected chi connectivity index (χ3v) is 4.99. The van der Waals surface area contributed by atoms with Crippen LogP contribution < -0.4 is 4.74 Å². The van der Waals surface area contributed by atoms with E-state index in [4.69, 9.17) is 4.74 Å². The maximum Gasteiger partial charge on any atom is 0.344 e. The Kier molecular flexibility index (Phi) is 6.33. The molecule has 1 atom stereocenters. The summed E-state index contributed by atoms with van der Waals surface area (Å²) in [7, 11) is -4.50. The molecule has 2 rings (SSSR count). The second kappa shape index (κ2) is 8.27. The Morgan fingerprint density at radius 1 is 1.08 bits per heavy atom. The number of rotatable bonds is 7. The van der Waals surface area contributed by atoms with Gasteiger partial charge in [0.25, 0.3) is 10.1 Å². The molecule has 2 aromatic carbocycles. The van der Waals surface area contributed by atoms with Crippen molar-refractivity contribution in [3.63, 3.8) is 0 Å². The zero-order valence-electron chi connectivity index (χ0n) is 14.3. The number of hydrogen-bond acceptors (Lipinski definition) is 4. The predicted octanol–water partition coefficient (Wildman–Crippen LogP) is 4.45. The molecule has 1 unspecified atom stereocenters. The molecule has 0 amide bonds. The summed E-state index contributed by atoms with van der Waals surface area (Å²) in [6.45, 7) is 4.28. The van der Waals surface area contributed by atoms with Crippen molar-refractivity contribution < 1.29 is 22.5 Å². The highest BCUT2D eigenvalue weighted by Crippen LogP contribution is 2.27. The van der Waals surface area contributed by atoms with Crippen LogP contribution in [-0.4, -0.2) is 18.9 Å². The lowest BCUT2D eigenvalue weighted by atomic mass is 9.92. The van der Waals surface area contributed by atoms with Gasteiger partial charge in [0.15, 0.2) is 0 Å². The molecular weight excluding hydrogens is 340 g/mol. The number of carbonyl (C=O) groups is 1. The standard InChI is InChI=1S/C19H22O5S/c1-3-7-14(4-2)15-10-12-16(13-11-15)24-19(20)17-8-5-6-9-18(17)25(21,22)23/h5-6,8-14H,3-4,7H2,1-2H3,(H,21,22,23). The van der Waals surface area contributed by atoms with E-state index in [-0.39, 0.29) is 5.56 Å². The summed E-state index contributed by atoms with van der Waals surface area (Å²) in [6, 6.07) is 12.6. The van der Waals surface area contributed by atoms with Crippen LogP contribution in [0.3, 0.4) is 0 Å². The third-order valence-electron chi connectivity index (χ3n) is 4.08. The minimum Gasteiger partial charge on any atom is -0.423 e. The normalized spacial score (nSPS) is 12.6. The van der Waals surface area contributed by atoms with Crippen molar-refractivity contribution in [2.24, 2.45) is 0 Å². The minimum atomic E-state index is -4.50. The topological polar surface area (TPSA) is 80.7 Å². The molecular formula is C19H22O5S. The van der Waals surface area contributed by atoms with Crippen molar-refractivity contribution in [2.45, 2.75) is 43.9 Å². The zero-order chi connectivity index (χ0) is 18.4. The Morgan fingerprint density at radius 2 is 1.72 bits per heavy atom. The molecule has 0 aliphatic heterocycles. The van der Waals surface area contributed by atoms with Gasteiger partial charge in [0.05, 0.1) is 5.56 Å². The van der Waals surface area contributed by atoms with E-state index in [1.807, 2.05) is 12.1 Å². The molecule has 0 radical (unpaired) electrons. The van der Waals surface area contributed by atoms with E-state index in [1.165, 1.54) is 23.8 Å². The Morgan fingerprint density at radius 3 is 2.28 bits per heavy atom. The monoisotopic (exact) mass is 362 g/mol. The van der Waals surface area contributed by atoms with Crippen LogP contribution in [0.5, 0.6) is 5.75 Å². The SMILES string of the molecule is CCCC(CC)c1ccc(OC(=O)c2ccccc2S(=O)(=O)O)cc1. The average Bonchev–Trinajstić information content (AvgIpc) is 2.59. The Balaban J connectivity index is 2.19. The summed E-state index contributed by atoms with van der Waals surface area (Å²) in [5, 5.41) is 0. The first-order chi connectivity index (χ1) is 11.9. The summed E-state index contributed by atoms with van der Waals surface area (Å²) >= 11 is 0. The molecule has 0 saturated carbocycles. The first kappa shape index (κ1) is 19.1. The van der Waals surface area contributed by atoms with E-state index in [9.17, 15) is 17.8 Å². The number of carbonyl (C=O) groups excluding carboxylic acids is 1. The number of hydrogen-bond donors (Lipinski definition) is 1. The van der Waals surface area contributed by atoms with Crippen molar-refractivity contribution in [1.29, 1.82) is 0 Å². The van der Waals surface area contributed by atoms with Gasteiger partial charge in [-0.15, -0.1) is 0 Å². The van der Waals surface area contributed by atoms with Crippen molar-refractivity contribution >= 4 is 16.1 Å². The average molecular weight is 362 g/mol. The summed E-state index contributed by atoms with van der Waals surface area (Å²) in [6.07, 6.45) is 3.23. The van der Waals surface area contributed by atoms with E-state index in [0.29, 0.717) is 11.7 Å². The maximum absolute atomic E-state index is 12.3. The highest BCUT2D eigenvalue weighted by atomic mass is 32.2. The highest BCUT2D eigenvalue weighted by Gasteiger charge is 2.21.